The van der Waals surface area contributed by atoms with Crippen molar-refractivity contribution in [3.63, 3.8) is 0 Å². The van der Waals surface area contributed by atoms with E-state index in [0.29, 0.717) is 0 Å². The highest BCUT2D eigenvalue weighted by molar-refractivity contribution is 5.79. The van der Waals surface area contributed by atoms with Gasteiger partial charge in [0, 0.05) is 17.6 Å². The lowest BCUT2D eigenvalue weighted by atomic mass is 10.0. The molecule has 0 aliphatic rings. The van der Waals surface area contributed by atoms with E-state index in [4.69, 9.17) is 5.73 Å². The first-order chi connectivity index (χ1) is 6.81. The first-order valence-corrected chi connectivity index (χ1v) is 4.91. The van der Waals surface area contributed by atoms with E-state index >= 15 is 0 Å². The van der Waals surface area contributed by atoms with Crippen LogP contribution in [-0.2, 0) is 0 Å². The van der Waals surface area contributed by atoms with Gasteiger partial charge in [-0.25, -0.2) is 0 Å². The average Bonchev–Trinajstić information content (AvgIpc) is 2.27. The Balaban J connectivity index is 2.51. The lowest BCUT2D eigenvalue weighted by molar-refractivity contribution is 0.699. The lowest BCUT2D eigenvalue weighted by Crippen LogP contribution is -2.08. The van der Waals surface area contributed by atoms with Crippen molar-refractivity contribution in [2.75, 3.05) is 0 Å². The van der Waals surface area contributed by atoms with Crippen molar-refractivity contribution in [1.82, 2.24) is 4.98 Å². The molecule has 0 radical (unpaired) electrons. The summed E-state index contributed by atoms with van der Waals surface area (Å²) in [5.74, 6) is 0. The van der Waals surface area contributed by atoms with Crippen molar-refractivity contribution in [3.05, 3.63) is 42.1 Å². The molecule has 0 saturated heterocycles. The van der Waals surface area contributed by atoms with Gasteiger partial charge in [0.1, 0.15) is 0 Å². The van der Waals surface area contributed by atoms with E-state index in [1.54, 1.807) is 0 Å². The number of benzene rings is 1. The highest BCUT2D eigenvalue weighted by Gasteiger charge is 2.03. The number of pyridine rings is 1. The van der Waals surface area contributed by atoms with Gasteiger partial charge in [-0.3, -0.25) is 4.98 Å². The maximum absolute atomic E-state index is 5.96. The fraction of sp³-hybridized carbons (Fsp3) is 0.250. The lowest BCUT2D eigenvalue weighted by Gasteiger charge is -2.09. The average molecular weight is 186 g/mol. The van der Waals surface area contributed by atoms with Crippen LogP contribution >= 0.6 is 0 Å². The zero-order valence-corrected chi connectivity index (χ0v) is 8.27. The maximum atomic E-state index is 5.96. The molecule has 2 rings (SSSR count). The molecule has 1 aromatic heterocycles. The van der Waals surface area contributed by atoms with Crippen molar-refractivity contribution in [2.45, 2.75) is 19.4 Å². The monoisotopic (exact) mass is 186 g/mol. The first-order valence-electron chi connectivity index (χ1n) is 4.91. The molecular weight excluding hydrogens is 172 g/mol. The van der Waals surface area contributed by atoms with Crippen molar-refractivity contribution in [2.24, 2.45) is 5.73 Å². The predicted molar refractivity (Wildman–Crippen MR) is 59.0 cm³/mol. The minimum absolute atomic E-state index is 0.139. The summed E-state index contributed by atoms with van der Waals surface area (Å²) in [4.78, 5) is 4.27. The van der Waals surface area contributed by atoms with Crippen LogP contribution in [0, 0.1) is 0 Å². The van der Waals surface area contributed by atoms with Crippen LogP contribution in [0.1, 0.15) is 24.9 Å². The van der Waals surface area contributed by atoms with Gasteiger partial charge in [-0.05, 0) is 30.2 Å². The maximum Gasteiger partial charge on any atom is 0.0702 e. The molecular formula is C12H14N2. The number of nitrogens with zero attached hydrogens (tertiary/aromatic N) is 1. The molecule has 0 saturated carbocycles. The standard InChI is InChI=1S/C12H14N2/c1-2-11(13)9-5-6-12-10(8-9)4-3-7-14-12/h3-8,11H,2,13H2,1H3/t11-/m1/s1. The van der Waals surface area contributed by atoms with Crippen LogP contribution in [0.15, 0.2) is 36.5 Å². The van der Waals surface area contributed by atoms with Crippen molar-refractivity contribution in [1.29, 1.82) is 0 Å². The van der Waals surface area contributed by atoms with Crippen molar-refractivity contribution >= 4 is 10.9 Å². The highest BCUT2D eigenvalue weighted by Crippen LogP contribution is 2.19. The fourth-order valence-electron chi connectivity index (χ4n) is 1.56. The summed E-state index contributed by atoms with van der Waals surface area (Å²) in [5, 5.41) is 1.16. The van der Waals surface area contributed by atoms with E-state index in [1.807, 2.05) is 18.3 Å². The summed E-state index contributed by atoms with van der Waals surface area (Å²) in [7, 11) is 0. The van der Waals surface area contributed by atoms with E-state index in [0.717, 1.165) is 17.3 Å². The Morgan fingerprint density at radius 1 is 1.36 bits per heavy atom. The summed E-state index contributed by atoms with van der Waals surface area (Å²) in [6.45, 7) is 2.10. The molecule has 2 aromatic rings. The third kappa shape index (κ3) is 1.61. The van der Waals surface area contributed by atoms with Gasteiger partial charge >= 0.3 is 0 Å². The van der Waals surface area contributed by atoms with Gasteiger partial charge in [0.15, 0.2) is 0 Å². The minimum atomic E-state index is 0.139. The third-order valence-electron chi connectivity index (χ3n) is 2.50. The molecule has 1 heterocycles. The van der Waals surface area contributed by atoms with E-state index in [2.05, 4.69) is 30.1 Å². The molecule has 1 atom stereocenters. The van der Waals surface area contributed by atoms with Gasteiger partial charge in [-0.2, -0.15) is 0 Å². The molecule has 72 valence electrons. The van der Waals surface area contributed by atoms with Gasteiger partial charge in [0.2, 0.25) is 0 Å². The largest absolute Gasteiger partial charge is 0.324 e. The number of hydrogen-bond donors (Lipinski definition) is 1. The van der Waals surface area contributed by atoms with Crippen LogP contribution in [0.25, 0.3) is 10.9 Å². The SMILES string of the molecule is CC[C@@H](N)c1ccc2ncccc2c1. The fourth-order valence-corrected chi connectivity index (χ4v) is 1.56. The second kappa shape index (κ2) is 3.76. The summed E-state index contributed by atoms with van der Waals surface area (Å²) < 4.78 is 0. The molecule has 1 aromatic carbocycles. The van der Waals surface area contributed by atoms with Gasteiger partial charge in [-0.1, -0.05) is 19.1 Å². The Bertz CT molecular complexity index is 437. The molecule has 2 nitrogen and oxygen atoms in total. The summed E-state index contributed by atoms with van der Waals surface area (Å²) in [6.07, 6.45) is 2.77. The Hall–Kier alpha value is -1.41. The Morgan fingerprint density at radius 2 is 2.21 bits per heavy atom. The summed E-state index contributed by atoms with van der Waals surface area (Å²) >= 11 is 0. The van der Waals surface area contributed by atoms with E-state index in [9.17, 15) is 0 Å². The molecule has 0 fully saturated rings. The summed E-state index contributed by atoms with van der Waals surface area (Å²) in [6, 6.07) is 10.4. The van der Waals surface area contributed by atoms with Crippen LogP contribution in [0.4, 0.5) is 0 Å². The molecule has 0 amide bonds. The normalized spacial score (nSPS) is 13.0. The van der Waals surface area contributed by atoms with Crippen LogP contribution in [0.5, 0.6) is 0 Å². The van der Waals surface area contributed by atoms with E-state index in [1.165, 1.54) is 5.56 Å². The van der Waals surface area contributed by atoms with Gasteiger partial charge in [-0.15, -0.1) is 0 Å². The van der Waals surface area contributed by atoms with E-state index < -0.39 is 0 Å². The Labute approximate surface area is 83.8 Å². The first kappa shape index (κ1) is 9.16. The molecule has 0 aliphatic heterocycles. The highest BCUT2D eigenvalue weighted by atomic mass is 14.6. The van der Waals surface area contributed by atoms with Gasteiger partial charge in [0.25, 0.3) is 0 Å². The molecule has 2 heteroatoms. The predicted octanol–water partition coefficient (Wildman–Crippen LogP) is 2.64. The van der Waals surface area contributed by atoms with Crippen LogP contribution in [0.2, 0.25) is 0 Å². The molecule has 0 aliphatic carbocycles. The Kier molecular flexibility index (Phi) is 2.46. The smallest absolute Gasteiger partial charge is 0.0702 e. The van der Waals surface area contributed by atoms with Crippen LogP contribution in [-0.4, -0.2) is 4.98 Å². The third-order valence-corrected chi connectivity index (χ3v) is 2.50. The van der Waals surface area contributed by atoms with Crippen molar-refractivity contribution < 1.29 is 0 Å². The molecule has 0 bridgehead atoms. The quantitative estimate of drug-likeness (QED) is 0.783. The molecule has 0 spiro atoms. The molecule has 2 N–H and O–H groups in total. The molecule has 14 heavy (non-hydrogen) atoms. The zero-order chi connectivity index (χ0) is 9.97. The van der Waals surface area contributed by atoms with Crippen LogP contribution < -0.4 is 5.73 Å². The minimum Gasteiger partial charge on any atom is -0.324 e. The number of aromatic nitrogens is 1. The second-order valence-corrected chi connectivity index (χ2v) is 3.47. The van der Waals surface area contributed by atoms with Crippen molar-refractivity contribution in [3.8, 4) is 0 Å². The molecule has 0 unspecified atom stereocenters. The van der Waals surface area contributed by atoms with Gasteiger partial charge < -0.3 is 5.73 Å². The zero-order valence-electron chi connectivity index (χ0n) is 8.27. The number of hydrogen-bond acceptors (Lipinski definition) is 2. The number of nitrogens with two attached hydrogens (primary N) is 1. The van der Waals surface area contributed by atoms with E-state index in [-0.39, 0.29) is 6.04 Å². The second-order valence-electron chi connectivity index (χ2n) is 3.47. The Morgan fingerprint density at radius 3 is 3.00 bits per heavy atom. The summed E-state index contributed by atoms with van der Waals surface area (Å²) in [5.41, 5.74) is 8.18. The number of fused-ring (bicyclic) bond motifs is 1. The van der Waals surface area contributed by atoms with Crippen LogP contribution in [0.3, 0.4) is 0 Å². The topological polar surface area (TPSA) is 38.9 Å². The number of rotatable bonds is 2. The van der Waals surface area contributed by atoms with Gasteiger partial charge in [0.05, 0.1) is 5.52 Å².